The number of carbonyl (C=O) groups excluding carboxylic acids is 2. The number of anilines is 2. The molecule has 8 nitrogen and oxygen atoms in total. The molecule has 2 aliphatic heterocycles. The van der Waals surface area contributed by atoms with Crippen LogP contribution >= 0.6 is 23.2 Å². The average Bonchev–Trinajstić information content (AvgIpc) is 3.37. The fraction of sp³-hybridized carbons (Fsp3) is 0.333. The zero-order valence-electron chi connectivity index (χ0n) is 22.5. The van der Waals surface area contributed by atoms with E-state index in [1.165, 1.54) is 13.3 Å². The van der Waals surface area contributed by atoms with Crippen LogP contribution in [-0.4, -0.2) is 36.0 Å². The molecule has 0 saturated carbocycles. The molecule has 40 heavy (non-hydrogen) atoms. The number of halogens is 2. The maximum absolute atomic E-state index is 14.2. The van der Waals surface area contributed by atoms with E-state index in [1.807, 2.05) is 12.1 Å². The summed E-state index contributed by atoms with van der Waals surface area (Å²) in [7, 11) is 1.47. The third-order valence-electron chi connectivity index (χ3n) is 7.52. The van der Waals surface area contributed by atoms with Crippen LogP contribution in [0.3, 0.4) is 0 Å². The molecule has 3 N–H and O–H groups in total. The highest BCUT2D eigenvalue weighted by Crippen LogP contribution is 2.56. The lowest BCUT2D eigenvalue weighted by Gasteiger charge is -2.36. The number of methoxy groups -OCH3 is 1. The Kier molecular flexibility index (Phi) is 7.26. The third-order valence-corrected chi connectivity index (χ3v) is 7.96. The van der Waals surface area contributed by atoms with Crippen molar-refractivity contribution in [2.24, 2.45) is 5.41 Å². The van der Waals surface area contributed by atoms with E-state index in [4.69, 9.17) is 27.9 Å². The topological polar surface area (TPSA) is 116 Å². The molecule has 1 saturated heterocycles. The van der Waals surface area contributed by atoms with Crippen LogP contribution in [0.4, 0.5) is 11.4 Å². The van der Waals surface area contributed by atoms with Crippen LogP contribution in [0.1, 0.15) is 49.9 Å². The van der Waals surface area contributed by atoms with Crippen molar-refractivity contribution in [3.63, 3.8) is 0 Å². The SMILES string of the molecule is COc1cc(C#N)ccc1NC(=O)[C@@H]1N[C@@H](CC(C)(C)C)[C@@]2(C(=O)Nc3cc(Cl)cnc32)[C@H]1c1cccc(Cl)c1. The van der Waals surface area contributed by atoms with Crippen molar-refractivity contribution < 1.29 is 14.3 Å². The summed E-state index contributed by atoms with van der Waals surface area (Å²) in [6.45, 7) is 6.28. The van der Waals surface area contributed by atoms with Crippen LogP contribution in [0.15, 0.2) is 54.7 Å². The molecule has 2 aromatic carbocycles. The number of pyridine rings is 1. The number of hydrogen-bond acceptors (Lipinski definition) is 6. The highest BCUT2D eigenvalue weighted by Gasteiger charge is 2.66. The molecule has 0 unspecified atom stereocenters. The number of nitrogens with one attached hydrogen (secondary N) is 3. The lowest BCUT2D eigenvalue weighted by molar-refractivity contribution is -0.122. The molecule has 0 bridgehead atoms. The lowest BCUT2D eigenvalue weighted by Crippen LogP contribution is -2.50. The molecule has 1 spiro atoms. The van der Waals surface area contributed by atoms with E-state index >= 15 is 0 Å². The standard InChI is InChI=1S/C30H29Cl2N5O3/c1-29(2,3)13-23-30(26-21(36-28(30)39)12-19(32)15-34-26)24(17-6-5-7-18(31)11-17)25(37-23)27(38)35-20-9-8-16(14-33)10-22(20)40-4/h5-12,15,23-25,37H,13H2,1-4H3,(H,35,38)(H,36,39)/t23-,24-,25+,30+/m0/s1. The van der Waals surface area contributed by atoms with Gasteiger partial charge in [0.2, 0.25) is 11.8 Å². The number of nitriles is 1. The summed E-state index contributed by atoms with van der Waals surface area (Å²) in [5.41, 5.74) is 1.18. The van der Waals surface area contributed by atoms with Gasteiger partial charge in [0.25, 0.3) is 0 Å². The Morgan fingerprint density at radius 1 is 1.18 bits per heavy atom. The Balaban J connectivity index is 1.68. The second kappa shape index (κ2) is 10.4. The molecule has 2 aliphatic rings. The number of carbonyl (C=O) groups is 2. The van der Waals surface area contributed by atoms with Crippen molar-refractivity contribution in [1.29, 1.82) is 5.26 Å². The van der Waals surface area contributed by atoms with Gasteiger partial charge < -0.3 is 20.7 Å². The number of benzene rings is 2. The molecule has 0 aliphatic carbocycles. The van der Waals surface area contributed by atoms with E-state index in [2.05, 4.69) is 47.8 Å². The van der Waals surface area contributed by atoms with Gasteiger partial charge in [0.1, 0.15) is 11.2 Å². The molecule has 5 rings (SSSR count). The Morgan fingerprint density at radius 2 is 1.95 bits per heavy atom. The molecule has 4 atom stereocenters. The van der Waals surface area contributed by atoms with Crippen molar-refractivity contribution in [3.8, 4) is 11.8 Å². The summed E-state index contributed by atoms with van der Waals surface area (Å²) < 4.78 is 5.44. The van der Waals surface area contributed by atoms with Gasteiger partial charge in [-0.05, 0) is 47.7 Å². The molecule has 3 heterocycles. The fourth-order valence-corrected chi connectivity index (χ4v) is 6.38. The first kappa shape index (κ1) is 27.9. The first-order valence-corrected chi connectivity index (χ1v) is 13.6. The Morgan fingerprint density at radius 3 is 2.62 bits per heavy atom. The fourth-order valence-electron chi connectivity index (χ4n) is 6.02. The van der Waals surface area contributed by atoms with Crippen molar-refractivity contribution in [1.82, 2.24) is 10.3 Å². The van der Waals surface area contributed by atoms with E-state index in [-0.39, 0.29) is 17.2 Å². The number of amides is 2. The van der Waals surface area contributed by atoms with Crippen molar-refractivity contribution in [2.45, 2.75) is 50.6 Å². The first-order chi connectivity index (χ1) is 19.0. The van der Waals surface area contributed by atoms with Crippen LogP contribution in [0, 0.1) is 16.7 Å². The summed E-state index contributed by atoms with van der Waals surface area (Å²) in [5.74, 6) is -0.932. The minimum atomic E-state index is -1.23. The lowest BCUT2D eigenvalue weighted by atomic mass is 9.64. The van der Waals surface area contributed by atoms with Gasteiger partial charge in [-0.3, -0.25) is 14.6 Å². The molecule has 0 radical (unpaired) electrons. The molecule has 1 fully saturated rings. The molecular weight excluding hydrogens is 549 g/mol. The van der Waals surface area contributed by atoms with E-state index in [9.17, 15) is 14.9 Å². The summed E-state index contributed by atoms with van der Waals surface area (Å²) in [5, 5.41) is 19.7. The molecule has 3 aromatic rings. The highest BCUT2D eigenvalue weighted by molar-refractivity contribution is 6.31. The predicted octanol–water partition coefficient (Wildman–Crippen LogP) is 5.66. The van der Waals surface area contributed by atoms with Crippen molar-refractivity contribution in [3.05, 3.63) is 81.6 Å². The van der Waals surface area contributed by atoms with Gasteiger partial charge >= 0.3 is 0 Å². The van der Waals surface area contributed by atoms with Gasteiger partial charge in [0.05, 0.1) is 46.9 Å². The van der Waals surface area contributed by atoms with Gasteiger partial charge in [0, 0.05) is 29.2 Å². The molecule has 10 heteroatoms. The minimum absolute atomic E-state index is 0.194. The van der Waals surface area contributed by atoms with E-state index in [0.29, 0.717) is 44.8 Å². The van der Waals surface area contributed by atoms with Crippen molar-refractivity contribution >= 4 is 46.4 Å². The van der Waals surface area contributed by atoms with Crippen LogP contribution in [0.2, 0.25) is 10.0 Å². The van der Waals surface area contributed by atoms with E-state index in [1.54, 1.807) is 36.4 Å². The van der Waals surface area contributed by atoms with Gasteiger partial charge in [-0.15, -0.1) is 0 Å². The summed E-state index contributed by atoms with van der Waals surface area (Å²) in [6.07, 6.45) is 2.10. The maximum Gasteiger partial charge on any atom is 0.242 e. The van der Waals surface area contributed by atoms with Crippen LogP contribution in [0.5, 0.6) is 5.75 Å². The molecule has 2 amide bonds. The Hall–Kier alpha value is -3.64. The quantitative estimate of drug-likeness (QED) is 0.360. The zero-order chi connectivity index (χ0) is 28.8. The number of hydrogen-bond donors (Lipinski definition) is 3. The largest absolute Gasteiger partial charge is 0.495 e. The van der Waals surface area contributed by atoms with Gasteiger partial charge in [-0.25, -0.2) is 0 Å². The summed E-state index contributed by atoms with van der Waals surface area (Å²) >= 11 is 12.7. The monoisotopic (exact) mass is 577 g/mol. The number of rotatable bonds is 5. The number of aromatic nitrogens is 1. The second-order valence-electron chi connectivity index (χ2n) is 11.4. The highest BCUT2D eigenvalue weighted by atomic mass is 35.5. The van der Waals surface area contributed by atoms with Crippen LogP contribution < -0.4 is 20.7 Å². The Labute approximate surface area is 243 Å². The zero-order valence-corrected chi connectivity index (χ0v) is 24.0. The van der Waals surface area contributed by atoms with E-state index < -0.39 is 23.4 Å². The van der Waals surface area contributed by atoms with Crippen LogP contribution in [0.25, 0.3) is 0 Å². The smallest absolute Gasteiger partial charge is 0.242 e. The molecular formula is C30H29Cl2N5O3. The normalized spacial score (nSPS) is 23.4. The van der Waals surface area contributed by atoms with E-state index in [0.717, 1.165) is 5.56 Å². The third kappa shape index (κ3) is 4.79. The van der Waals surface area contributed by atoms with Crippen LogP contribution in [-0.2, 0) is 15.0 Å². The summed E-state index contributed by atoms with van der Waals surface area (Å²) in [4.78, 5) is 33.0. The molecule has 1 aromatic heterocycles. The Bertz CT molecular complexity index is 1550. The summed E-state index contributed by atoms with van der Waals surface area (Å²) in [6, 6.07) is 14.5. The average molecular weight is 579 g/mol. The van der Waals surface area contributed by atoms with Gasteiger partial charge in [-0.1, -0.05) is 56.1 Å². The number of ether oxygens (including phenoxy) is 1. The second-order valence-corrected chi connectivity index (χ2v) is 12.3. The predicted molar refractivity (Wildman–Crippen MR) is 155 cm³/mol. The van der Waals surface area contributed by atoms with Crippen molar-refractivity contribution in [2.75, 3.05) is 17.7 Å². The minimum Gasteiger partial charge on any atom is -0.495 e. The van der Waals surface area contributed by atoms with Gasteiger partial charge in [-0.2, -0.15) is 5.26 Å². The van der Waals surface area contributed by atoms with Gasteiger partial charge in [0.15, 0.2) is 0 Å². The number of fused-ring (bicyclic) bond motifs is 2. The molecule has 206 valence electrons. The maximum atomic E-state index is 14.2. The number of nitrogens with zero attached hydrogens (tertiary/aromatic N) is 2. The first-order valence-electron chi connectivity index (χ1n) is 12.9.